The summed E-state index contributed by atoms with van der Waals surface area (Å²) in [5, 5.41) is 19.0. The summed E-state index contributed by atoms with van der Waals surface area (Å²) in [6.45, 7) is 0.589. The number of anilines is 1. The van der Waals surface area contributed by atoms with E-state index in [-0.39, 0.29) is 11.8 Å². The number of carbonyl (C=O) groups excluding carboxylic acids is 1. The van der Waals surface area contributed by atoms with Gasteiger partial charge in [0.2, 0.25) is 5.91 Å². The molecule has 1 fully saturated rings. The average Bonchev–Trinajstić information content (AvgIpc) is 3.29. The molecule has 2 N–H and O–H groups in total. The molecule has 1 atom stereocenters. The van der Waals surface area contributed by atoms with Crippen LogP contribution in [0.2, 0.25) is 0 Å². The number of nitrogens with one attached hydrogen (secondary N) is 2. The monoisotopic (exact) mass is 379 g/mol. The number of halogens is 3. The van der Waals surface area contributed by atoms with E-state index in [1.807, 2.05) is 11.0 Å². The Morgan fingerprint density at radius 1 is 1.37 bits per heavy atom. The second-order valence-electron chi connectivity index (χ2n) is 6.45. The number of fused-ring (bicyclic) bond motifs is 3. The van der Waals surface area contributed by atoms with Crippen LogP contribution in [0.3, 0.4) is 0 Å². The van der Waals surface area contributed by atoms with Crippen molar-refractivity contribution in [2.75, 3.05) is 24.5 Å². The van der Waals surface area contributed by atoms with Gasteiger partial charge in [0.05, 0.1) is 29.6 Å². The molecule has 0 spiro atoms. The molecule has 4 rings (SSSR count). The lowest BCUT2D eigenvalue weighted by Gasteiger charge is -2.20. The van der Waals surface area contributed by atoms with E-state index in [1.54, 1.807) is 12.4 Å². The molecule has 0 aromatic carbocycles. The van der Waals surface area contributed by atoms with Crippen molar-refractivity contribution < 1.29 is 18.0 Å². The summed E-state index contributed by atoms with van der Waals surface area (Å²) in [5.74, 6) is -0.734. The molecule has 3 aromatic heterocycles. The first kappa shape index (κ1) is 17.4. The van der Waals surface area contributed by atoms with Gasteiger partial charge in [-0.2, -0.15) is 18.3 Å². The minimum absolute atomic E-state index is 0.360. The van der Waals surface area contributed by atoms with E-state index in [2.05, 4.69) is 30.7 Å². The Kier molecular flexibility index (Phi) is 4.28. The number of nitrogens with zero attached hydrogens (tertiary/aromatic N) is 5. The number of aromatic nitrogens is 5. The number of hydrogen-bond acceptors (Lipinski definition) is 6. The van der Waals surface area contributed by atoms with Gasteiger partial charge in [-0.3, -0.25) is 9.89 Å². The zero-order valence-electron chi connectivity index (χ0n) is 14.1. The van der Waals surface area contributed by atoms with Crippen molar-refractivity contribution in [3.63, 3.8) is 0 Å². The van der Waals surface area contributed by atoms with Crippen molar-refractivity contribution in [2.24, 2.45) is 5.92 Å². The second-order valence-corrected chi connectivity index (χ2v) is 6.45. The molecular weight excluding hydrogens is 363 g/mol. The summed E-state index contributed by atoms with van der Waals surface area (Å²) in [7, 11) is 0. The van der Waals surface area contributed by atoms with E-state index >= 15 is 0 Å². The van der Waals surface area contributed by atoms with Crippen LogP contribution >= 0.6 is 0 Å². The highest BCUT2D eigenvalue weighted by Gasteiger charge is 2.31. The van der Waals surface area contributed by atoms with Crippen LogP contribution in [-0.2, 0) is 4.79 Å². The Labute approximate surface area is 151 Å². The van der Waals surface area contributed by atoms with Crippen LogP contribution < -0.4 is 10.2 Å². The molecule has 0 radical (unpaired) electrons. The first-order valence-electron chi connectivity index (χ1n) is 8.46. The smallest absolute Gasteiger partial charge is 0.369 e. The van der Waals surface area contributed by atoms with E-state index in [9.17, 15) is 18.0 Å². The third-order valence-electron chi connectivity index (χ3n) is 4.65. The summed E-state index contributed by atoms with van der Waals surface area (Å²) in [6, 6.07) is 1.83. The van der Waals surface area contributed by atoms with Gasteiger partial charge in [0.1, 0.15) is 0 Å². The number of H-pyrrole nitrogens is 1. The Morgan fingerprint density at radius 3 is 3.04 bits per heavy atom. The number of hydrogen-bond donors (Lipinski definition) is 2. The molecule has 1 unspecified atom stereocenters. The van der Waals surface area contributed by atoms with Crippen molar-refractivity contribution in [3.05, 3.63) is 18.5 Å². The van der Waals surface area contributed by atoms with Gasteiger partial charge in [0.15, 0.2) is 11.3 Å². The molecule has 1 saturated heterocycles. The molecule has 0 aliphatic carbocycles. The van der Waals surface area contributed by atoms with E-state index in [1.165, 1.54) is 0 Å². The fraction of sp³-hybridized carbons (Fsp3) is 0.438. The number of amides is 1. The number of rotatable bonds is 4. The number of aromatic amines is 1. The van der Waals surface area contributed by atoms with Gasteiger partial charge >= 0.3 is 6.18 Å². The van der Waals surface area contributed by atoms with Gasteiger partial charge in [0, 0.05) is 31.2 Å². The minimum Gasteiger partial charge on any atom is -0.369 e. The molecule has 1 amide bonds. The third-order valence-corrected chi connectivity index (χ3v) is 4.65. The fourth-order valence-corrected chi connectivity index (χ4v) is 3.34. The maximum Gasteiger partial charge on any atom is 0.390 e. The van der Waals surface area contributed by atoms with E-state index in [0.29, 0.717) is 30.8 Å². The lowest BCUT2D eigenvalue weighted by atomic mass is 10.1. The van der Waals surface area contributed by atoms with E-state index in [0.717, 1.165) is 16.5 Å². The lowest BCUT2D eigenvalue weighted by Crippen LogP contribution is -2.34. The maximum absolute atomic E-state index is 12.2. The summed E-state index contributed by atoms with van der Waals surface area (Å²) in [5.41, 5.74) is 1.82. The van der Waals surface area contributed by atoms with Crippen molar-refractivity contribution in [3.8, 4) is 0 Å². The first-order chi connectivity index (χ1) is 12.9. The first-order valence-corrected chi connectivity index (χ1v) is 8.46. The van der Waals surface area contributed by atoms with Gasteiger partial charge < -0.3 is 10.2 Å². The summed E-state index contributed by atoms with van der Waals surface area (Å²) >= 11 is 0. The van der Waals surface area contributed by atoms with E-state index in [4.69, 9.17) is 0 Å². The number of alkyl halides is 3. The molecule has 1 aliphatic heterocycles. The van der Waals surface area contributed by atoms with Crippen molar-refractivity contribution >= 4 is 33.7 Å². The van der Waals surface area contributed by atoms with Crippen LogP contribution in [0.1, 0.15) is 12.8 Å². The Bertz CT molecular complexity index is 987. The summed E-state index contributed by atoms with van der Waals surface area (Å²) in [4.78, 5) is 18.3. The fourth-order valence-electron chi connectivity index (χ4n) is 3.34. The molecular formula is C16H16F3N7O. The standard InChI is InChI=1S/C16H16F3N7O/c17-16(18,19)3-5-21-15(27)9-2-6-26(8-9)11-7-22-23-14-12(11)10-1-4-20-13(10)24-25-14/h1,4,7,9H,2-3,5-6,8H2,(H,21,27)(H,23,25). The highest BCUT2D eigenvalue weighted by Crippen LogP contribution is 2.32. The Morgan fingerprint density at radius 2 is 2.22 bits per heavy atom. The molecule has 4 heterocycles. The van der Waals surface area contributed by atoms with Gasteiger partial charge in [0.25, 0.3) is 0 Å². The lowest BCUT2D eigenvalue weighted by molar-refractivity contribution is -0.136. The van der Waals surface area contributed by atoms with Crippen LogP contribution in [0.4, 0.5) is 18.9 Å². The third kappa shape index (κ3) is 3.49. The predicted molar refractivity (Wildman–Crippen MR) is 91.0 cm³/mol. The van der Waals surface area contributed by atoms with Crippen molar-refractivity contribution in [1.29, 1.82) is 0 Å². The molecule has 1 aliphatic rings. The molecule has 8 nitrogen and oxygen atoms in total. The van der Waals surface area contributed by atoms with Gasteiger partial charge in [-0.05, 0) is 12.5 Å². The van der Waals surface area contributed by atoms with Crippen LogP contribution in [0, 0.1) is 5.92 Å². The summed E-state index contributed by atoms with van der Waals surface area (Å²) < 4.78 is 36.7. The van der Waals surface area contributed by atoms with Crippen LogP contribution in [0.15, 0.2) is 18.5 Å². The van der Waals surface area contributed by atoms with E-state index < -0.39 is 19.1 Å². The predicted octanol–water partition coefficient (Wildman–Crippen LogP) is 1.80. The quantitative estimate of drug-likeness (QED) is 0.717. The second kappa shape index (κ2) is 6.63. The average molecular weight is 379 g/mol. The largest absolute Gasteiger partial charge is 0.390 e. The molecule has 11 heteroatoms. The Balaban J connectivity index is 1.52. The molecule has 142 valence electrons. The molecule has 0 saturated carbocycles. The van der Waals surface area contributed by atoms with Gasteiger partial charge in [-0.25, -0.2) is 4.98 Å². The Hall–Kier alpha value is -2.98. The highest BCUT2D eigenvalue weighted by atomic mass is 19.4. The number of carbonyl (C=O) groups is 1. The van der Waals surface area contributed by atoms with Crippen LogP contribution in [0.25, 0.3) is 22.1 Å². The normalized spacial score (nSPS) is 17.7. The SMILES string of the molecule is O=C(NCCC(F)(F)F)C1CCN(c2cn[nH]c3nnc4nccc4c23)C1. The zero-order valence-corrected chi connectivity index (χ0v) is 14.1. The molecule has 27 heavy (non-hydrogen) atoms. The zero-order chi connectivity index (χ0) is 19.0. The van der Waals surface area contributed by atoms with Gasteiger partial charge in [-0.1, -0.05) is 0 Å². The molecule has 0 bridgehead atoms. The minimum atomic E-state index is -4.28. The molecule has 3 aromatic rings. The van der Waals surface area contributed by atoms with Gasteiger partial charge in [-0.15, -0.1) is 10.2 Å². The van der Waals surface area contributed by atoms with Crippen molar-refractivity contribution in [2.45, 2.75) is 19.0 Å². The van der Waals surface area contributed by atoms with Crippen LogP contribution in [0.5, 0.6) is 0 Å². The summed E-state index contributed by atoms with van der Waals surface area (Å²) in [6.07, 6.45) is -1.46. The highest BCUT2D eigenvalue weighted by molar-refractivity contribution is 6.08. The van der Waals surface area contributed by atoms with Crippen LogP contribution in [-0.4, -0.2) is 57.1 Å². The topological polar surface area (TPSA) is 99.7 Å². The van der Waals surface area contributed by atoms with Crippen molar-refractivity contribution in [1.82, 2.24) is 30.7 Å². The maximum atomic E-state index is 12.2.